The molecule has 0 bridgehead atoms. The summed E-state index contributed by atoms with van der Waals surface area (Å²) in [5.41, 5.74) is 1.06. The molecule has 0 radical (unpaired) electrons. The molecule has 0 fully saturated rings. The van der Waals surface area contributed by atoms with Gasteiger partial charge in [-0.3, -0.25) is 4.79 Å². The van der Waals surface area contributed by atoms with Gasteiger partial charge in [0.1, 0.15) is 16.4 Å². The zero-order valence-electron chi connectivity index (χ0n) is 17.4. The molecule has 0 heterocycles. The van der Waals surface area contributed by atoms with Gasteiger partial charge >= 0.3 is 0 Å². The SMILES string of the molecule is CCN(CC)S(=O)(=O)c1cc(C(=O)N[C@H](C)c2ccccc2OC)ccc1OC. The molecule has 8 heteroatoms. The van der Waals surface area contributed by atoms with E-state index < -0.39 is 10.0 Å². The molecule has 0 aliphatic rings. The molecule has 2 aromatic carbocycles. The van der Waals surface area contributed by atoms with Crippen molar-refractivity contribution in [3.63, 3.8) is 0 Å². The maximum absolute atomic E-state index is 13.0. The largest absolute Gasteiger partial charge is 0.496 e. The molecular weight excluding hydrogens is 392 g/mol. The van der Waals surface area contributed by atoms with Crippen LogP contribution in [0.2, 0.25) is 0 Å². The quantitative estimate of drug-likeness (QED) is 0.673. The number of sulfonamides is 1. The molecule has 7 nitrogen and oxygen atoms in total. The Morgan fingerprint density at radius 1 is 1.03 bits per heavy atom. The van der Waals surface area contributed by atoms with Gasteiger partial charge in [0.2, 0.25) is 10.0 Å². The van der Waals surface area contributed by atoms with Gasteiger partial charge in [-0.2, -0.15) is 4.31 Å². The fraction of sp³-hybridized carbons (Fsp3) is 0.381. The molecule has 1 amide bonds. The topological polar surface area (TPSA) is 84.9 Å². The smallest absolute Gasteiger partial charge is 0.251 e. The number of benzene rings is 2. The Bertz CT molecular complexity index is 955. The van der Waals surface area contributed by atoms with Crippen LogP contribution in [0.5, 0.6) is 11.5 Å². The lowest BCUT2D eigenvalue weighted by atomic mass is 10.1. The van der Waals surface area contributed by atoms with E-state index in [4.69, 9.17) is 9.47 Å². The molecule has 0 saturated carbocycles. The van der Waals surface area contributed by atoms with Crippen LogP contribution < -0.4 is 14.8 Å². The van der Waals surface area contributed by atoms with Crippen molar-refractivity contribution < 1.29 is 22.7 Å². The van der Waals surface area contributed by atoms with Crippen molar-refractivity contribution in [2.24, 2.45) is 0 Å². The number of ether oxygens (including phenoxy) is 2. The summed E-state index contributed by atoms with van der Waals surface area (Å²) in [6.45, 7) is 6.01. The predicted octanol–water partition coefficient (Wildman–Crippen LogP) is 3.23. The summed E-state index contributed by atoms with van der Waals surface area (Å²) >= 11 is 0. The van der Waals surface area contributed by atoms with Crippen molar-refractivity contribution in [1.82, 2.24) is 9.62 Å². The van der Waals surface area contributed by atoms with Crippen LogP contribution in [0, 0.1) is 0 Å². The summed E-state index contributed by atoms with van der Waals surface area (Å²) in [4.78, 5) is 12.8. The monoisotopic (exact) mass is 420 g/mol. The Morgan fingerprint density at radius 2 is 1.66 bits per heavy atom. The summed E-state index contributed by atoms with van der Waals surface area (Å²) in [6, 6.07) is 11.5. The lowest BCUT2D eigenvalue weighted by Crippen LogP contribution is -2.31. The van der Waals surface area contributed by atoms with E-state index >= 15 is 0 Å². The van der Waals surface area contributed by atoms with Crippen molar-refractivity contribution in [3.8, 4) is 11.5 Å². The van der Waals surface area contributed by atoms with E-state index in [1.807, 2.05) is 31.2 Å². The number of para-hydroxylation sites is 1. The van der Waals surface area contributed by atoms with Gasteiger partial charge in [0.05, 0.1) is 20.3 Å². The Hall–Kier alpha value is -2.58. The zero-order valence-corrected chi connectivity index (χ0v) is 18.2. The second-order valence-corrected chi connectivity index (χ2v) is 8.30. The first-order chi connectivity index (χ1) is 13.8. The van der Waals surface area contributed by atoms with E-state index in [1.54, 1.807) is 27.0 Å². The van der Waals surface area contributed by atoms with E-state index in [0.29, 0.717) is 18.8 Å². The molecule has 0 saturated heterocycles. The van der Waals surface area contributed by atoms with Gasteiger partial charge in [-0.1, -0.05) is 32.0 Å². The molecule has 0 aliphatic heterocycles. The van der Waals surface area contributed by atoms with Crippen LogP contribution in [0.25, 0.3) is 0 Å². The molecule has 29 heavy (non-hydrogen) atoms. The number of rotatable bonds is 9. The first-order valence-corrected chi connectivity index (χ1v) is 10.9. The summed E-state index contributed by atoms with van der Waals surface area (Å²) in [5.74, 6) is 0.480. The highest BCUT2D eigenvalue weighted by Gasteiger charge is 2.27. The van der Waals surface area contributed by atoms with Gasteiger partial charge in [0, 0.05) is 24.2 Å². The second kappa shape index (κ2) is 9.76. The van der Waals surface area contributed by atoms with Crippen LogP contribution >= 0.6 is 0 Å². The molecule has 158 valence electrons. The Morgan fingerprint density at radius 3 is 2.24 bits per heavy atom. The Balaban J connectivity index is 2.37. The minimum atomic E-state index is -3.78. The molecule has 0 aromatic heterocycles. The summed E-state index contributed by atoms with van der Waals surface area (Å²) in [6.07, 6.45) is 0. The van der Waals surface area contributed by atoms with E-state index in [0.717, 1.165) is 5.56 Å². The predicted molar refractivity (Wildman–Crippen MR) is 112 cm³/mol. The first-order valence-electron chi connectivity index (χ1n) is 9.42. The van der Waals surface area contributed by atoms with Gasteiger partial charge in [-0.15, -0.1) is 0 Å². The lowest BCUT2D eigenvalue weighted by Gasteiger charge is -2.21. The third kappa shape index (κ3) is 4.89. The van der Waals surface area contributed by atoms with Gasteiger partial charge in [0.25, 0.3) is 5.91 Å². The van der Waals surface area contributed by atoms with E-state index in [9.17, 15) is 13.2 Å². The lowest BCUT2D eigenvalue weighted by molar-refractivity contribution is 0.0939. The fourth-order valence-corrected chi connectivity index (χ4v) is 4.74. The highest BCUT2D eigenvalue weighted by Crippen LogP contribution is 2.29. The summed E-state index contributed by atoms with van der Waals surface area (Å²) < 4.78 is 37.8. The van der Waals surface area contributed by atoms with Crippen molar-refractivity contribution >= 4 is 15.9 Å². The highest BCUT2D eigenvalue weighted by atomic mass is 32.2. The standard InChI is InChI=1S/C21H28N2O5S/c1-6-23(7-2)29(25,26)20-14-16(12-13-19(20)28-5)21(24)22-15(3)17-10-8-9-11-18(17)27-4/h8-15H,6-7H2,1-5H3,(H,22,24)/t15-/m1/s1. The van der Waals surface area contributed by atoms with Gasteiger partial charge in [0.15, 0.2) is 0 Å². The molecule has 0 unspecified atom stereocenters. The van der Waals surface area contributed by atoms with Crippen molar-refractivity contribution in [2.75, 3.05) is 27.3 Å². The van der Waals surface area contributed by atoms with Crippen LogP contribution in [-0.2, 0) is 10.0 Å². The maximum Gasteiger partial charge on any atom is 0.251 e. The molecular formula is C21H28N2O5S. The number of amides is 1. The summed E-state index contributed by atoms with van der Waals surface area (Å²) in [5, 5.41) is 2.89. The number of nitrogens with zero attached hydrogens (tertiary/aromatic N) is 1. The second-order valence-electron chi connectivity index (χ2n) is 6.39. The fourth-order valence-electron chi connectivity index (χ4n) is 3.10. The first kappa shape index (κ1) is 22.7. The average Bonchev–Trinajstić information content (AvgIpc) is 2.73. The van der Waals surface area contributed by atoms with Crippen LogP contribution in [-0.4, -0.2) is 45.9 Å². The normalized spacial score (nSPS) is 12.5. The third-order valence-corrected chi connectivity index (χ3v) is 6.77. The number of hydrogen-bond acceptors (Lipinski definition) is 5. The number of methoxy groups -OCH3 is 2. The van der Waals surface area contributed by atoms with E-state index in [1.165, 1.54) is 23.5 Å². The number of nitrogens with one attached hydrogen (secondary N) is 1. The van der Waals surface area contributed by atoms with Crippen molar-refractivity contribution in [2.45, 2.75) is 31.7 Å². The molecule has 0 spiro atoms. The molecule has 1 N–H and O–H groups in total. The number of carbonyl (C=O) groups excluding carboxylic acids is 1. The molecule has 0 aliphatic carbocycles. The Labute approximate surface area is 172 Å². The van der Waals surface area contributed by atoms with Crippen LogP contribution in [0.1, 0.15) is 42.7 Å². The highest BCUT2D eigenvalue weighted by molar-refractivity contribution is 7.89. The molecule has 2 aromatic rings. The van der Waals surface area contributed by atoms with E-state index in [2.05, 4.69) is 5.32 Å². The number of hydrogen-bond donors (Lipinski definition) is 1. The Kier molecular flexibility index (Phi) is 7.64. The minimum absolute atomic E-state index is 0.0266. The van der Waals surface area contributed by atoms with Gasteiger partial charge in [-0.25, -0.2) is 8.42 Å². The van der Waals surface area contributed by atoms with Crippen LogP contribution in [0.3, 0.4) is 0 Å². The minimum Gasteiger partial charge on any atom is -0.496 e. The van der Waals surface area contributed by atoms with Gasteiger partial charge < -0.3 is 14.8 Å². The van der Waals surface area contributed by atoms with Crippen LogP contribution in [0.4, 0.5) is 0 Å². The van der Waals surface area contributed by atoms with Crippen LogP contribution in [0.15, 0.2) is 47.4 Å². The average molecular weight is 421 g/mol. The molecule has 2 rings (SSSR count). The van der Waals surface area contributed by atoms with E-state index in [-0.39, 0.29) is 28.2 Å². The third-order valence-electron chi connectivity index (χ3n) is 4.70. The van der Waals surface area contributed by atoms with Crippen molar-refractivity contribution in [3.05, 3.63) is 53.6 Å². The van der Waals surface area contributed by atoms with Gasteiger partial charge in [-0.05, 0) is 31.2 Å². The number of carbonyl (C=O) groups is 1. The summed E-state index contributed by atoms with van der Waals surface area (Å²) in [7, 11) is -0.809. The maximum atomic E-state index is 13.0. The van der Waals surface area contributed by atoms with Crippen molar-refractivity contribution in [1.29, 1.82) is 0 Å². The molecule has 1 atom stereocenters. The zero-order chi connectivity index (χ0) is 21.6.